The summed E-state index contributed by atoms with van der Waals surface area (Å²) in [7, 11) is 3.59. The zero-order valence-corrected chi connectivity index (χ0v) is 12.4. The molecule has 1 atom stereocenters. The molecule has 17 heavy (non-hydrogen) atoms. The van der Waals surface area contributed by atoms with Crippen LogP contribution in [0.3, 0.4) is 0 Å². The minimum absolute atomic E-state index is 0. The molecule has 104 valence electrons. The van der Waals surface area contributed by atoms with E-state index in [1.165, 1.54) is 0 Å². The van der Waals surface area contributed by atoms with E-state index in [4.69, 9.17) is 4.74 Å². The van der Waals surface area contributed by atoms with Gasteiger partial charge in [0.2, 0.25) is 5.91 Å². The average molecular weight is 267 g/mol. The molecule has 0 aliphatic carbocycles. The van der Waals surface area contributed by atoms with Crippen LogP contribution in [0, 0.1) is 0 Å². The van der Waals surface area contributed by atoms with Gasteiger partial charge in [0.15, 0.2) is 0 Å². The number of nitrogens with one attached hydrogen (secondary N) is 2. The fraction of sp³-hybridized carbons (Fsp3) is 0.917. The number of ether oxygens (including phenoxy) is 1. The highest BCUT2D eigenvalue weighted by Crippen LogP contribution is 2.15. The molecule has 0 aliphatic heterocycles. The van der Waals surface area contributed by atoms with Crippen LogP contribution in [0.5, 0.6) is 0 Å². The molecule has 0 saturated carbocycles. The van der Waals surface area contributed by atoms with Gasteiger partial charge in [-0.15, -0.1) is 12.4 Å². The van der Waals surface area contributed by atoms with E-state index in [0.717, 1.165) is 19.4 Å². The molecule has 0 spiro atoms. The van der Waals surface area contributed by atoms with Crippen molar-refractivity contribution in [2.75, 3.05) is 20.7 Å². The molecule has 0 heterocycles. The number of amides is 1. The lowest BCUT2D eigenvalue weighted by atomic mass is 10.00. The van der Waals surface area contributed by atoms with Gasteiger partial charge in [0, 0.05) is 19.6 Å². The normalized spacial score (nSPS) is 12.8. The fourth-order valence-electron chi connectivity index (χ4n) is 1.64. The quantitative estimate of drug-likeness (QED) is 0.658. The molecule has 1 unspecified atom stereocenters. The first kappa shape index (κ1) is 19.0. The van der Waals surface area contributed by atoms with Crippen molar-refractivity contribution in [3.05, 3.63) is 0 Å². The molecular formula is C12H27ClN2O2. The smallest absolute Gasteiger partial charge is 0.220 e. The monoisotopic (exact) mass is 266 g/mol. The highest BCUT2D eigenvalue weighted by atomic mass is 35.5. The van der Waals surface area contributed by atoms with Crippen LogP contribution in [0.2, 0.25) is 0 Å². The van der Waals surface area contributed by atoms with Crippen LogP contribution >= 0.6 is 12.4 Å². The van der Waals surface area contributed by atoms with Crippen LogP contribution in [0.4, 0.5) is 0 Å². The maximum Gasteiger partial charge on any atom is 0.220 e. The SMILES string of the molecule is CNCCCC(=O)NC(C)CC(C)(C)OC.Cl. The summed E-state index contributed by atoms with van der Waals surface area (Å²) in [4.78, 5) is 11.5. The summed E-state index contributed by atoms with van der Waals surface area (Å²) in [6.45, 7) is 6.94. The summed E-state index contributed by atoms with van der Waals surface area (Å²) in [6, 6.07) is 0.150. The number of carbonyl (C=O) groups excluding carboxylic acids is 1. The van der Waals surface area contributed by atoms with Crippen molar-refractivity contribution in [2.45, 2.75) is 51.7 Å². The van der Waals surface area contributed by atoms with E-state index in [2.05, 4.69) is 10.6 Å². The number of hydrogen-bond acceptors (Lipinski definition) is 3. The minimum atomic E-state index is -0.183. The molecule has 0 aromatic carbocycles. The zero-order valence-electron chi connectivity index (χ0n) is 11.6. The van der Waals surface area contributed by atoms with Crippen LogP contribution in [-0.2, 0) is 9.53 Å². The molecule has 0 radical (unpaired) electrons. The summed E-state index contributed by atoms with van der Waals surface area (Å²) in [5.41, 5.74) is -0.183. The van der Waals surface area contributed by atoms with Gasteiger partial charge in [0.25, 0.3) is 0 Å². The van der Waals surface area contributed by atoms with Crippen LogP contribution in [0.25, 0.3) is 0 Å². The number of rotatable bonds is 8. The second-order valence-corrected chi connectivity index (χ2v) is 4.84. The van der Waals surface area contributed by atoms with E-state index in [-0.39, 0.29) is 30.0 Å². The van der Waals surface area contributed by atoms with Gasteiger partial charge in [-0.05, 0) is 47.2 Å². The summed E-state index contributed by atoms with van der Waals surface area (Å²) < 4.78 is 5.33. The molecule has 5 heteroatoms. The second kappa shape index (κ2) is 9.68. The lowest BCUT2D eigenvalue weighted by molar-refractivity contribution is -0.122. The van der Waals surface area contributed by atoms with Crippen LogP contribution < -0.4 is 10.6 Å². The molecule has 0 saturated heterocycles. The number of hydrogen-bond donors (Lipinski definition) is 2. The van der Waals surface area contributed by atoms with E-state index in [1.807, 2.05) is 27.8 Å². The van der Waals surface area contributed by atoms with Crippen molar-refractivity contribution in [3.8, 4) is 0 Å². The first-order valence-corrected chi connectivity index (χ1v) is 5.90. The van der Waals surface area contributed by atoms with Gasteiger partial charge in [-0.3, -0.25) is 4.79 Å². The van der Waals surface area contributed by atoms with Crippen molar-refractivity contribution in [2.24, 2.45) is 0 Å². The Morgan fingerprint density at radius 2 is 2.00 bits per heavy atom. The topological polar surface area (TPSA) is 50.4 Å². The maximum absolute atomic E-state index is 11.5. The van der Waals surface area contributed by atoms with Crippen molar-refractivity contribution in [1.82, 2.24) is 10.6 Å². The van der Waals surface area contributed by atoms with Crippen molar-refractivity contribution in [1.29, 1.82) is 0 Å². The highest BCUT2D eigenvalue weighted by Gasteiger charge is 2.20. The molecule has 0 fully saturated rings. The lowest BCUT2D eigenvalue weighted by Crippen LogP contribution is -2.39. The first-order valence-electron chi connectivity index (χ1n) is 5.90. The third-order valence-electron chi connectivity index (χ3n) is 2.59. The molecule has 2 N–H and O–H groups in total. The maximum atomic E-state index is 11.5. The van der Waals surface area contributed by atoms with Gasteiger partial charge >= 0.3 is 0 Å². The Morgan fingerprint density at radius 3 is 2.47 bits per heavy atom. The Morgan fingerprint density at radius 1 is 1.41 bits per heavy atom. The fourth-order valence-corrected chi connectivity index (χ4v) is 1.64. The number of halogens is 1. The highest BCUT2D eigenvalue weighted by molar-refractivity contribution is 5.85. The summed E-state index contributed by atoms with van der Waals surface area (Å²) >= 11 is 0. The molecule has 0 rings (SSSR count). The van der Waals surface area contributed by atoms with Crippen LogP contribution in [0.1, 0.15) is 40.0 Å². The Bertz CT molecular complexity index is 211. The van der Waals surface area contributed by atoms with Crippen LogP contribution in [0.15, 0.2) is 0 Å². The van der Waals surface area contributed by atoms with Gasteiger partial charge in [-0.25, -0.2) is 0 Å². The molecule has 0 aromatic rings. The van der Waals surface area contributed by atoms with Gasteiger partial charge in [0.05, 0.1) is 5.60 Å². The Balaban J connectivity index is 0. The van der Waals surface area contributed by atoms with Crippen LogP contribution in [-0.4, -0.2) is 38.3 Å². The summed E-state index contributed by atoms with van der Waals surface area (Å²) in [6.07, 6.45) is 2.28. The van der Waals surface area contributed by atoms with Gasteiger partial charge in [0.1, 0.15) is 0 Å². The third-order valence-corrected chi connectivity index (χ3v) is 2.59. The predicted molar refractivity (Wildman–Crippen MR) is 73.7 cm³/mol. The Hall–Kier alpha value is -0.320. The van der Waals surface area contributed by atoms with E-state index in [1.54, 1.807) is 7.11 Å². The Kier molecular flexibility index (Phi) is 10.8. The van der Waals surface area contributed by atoms with Crippen molar-refractivity contribution < 1.29 is 9.53 Å². The number of methoxy groups -OCH3 is 1. The molecule has 0 aromatic heterocycles. The minimum Gasteiger partial charge on any atom is -0.379 e. The van der Waals surface area contributed by atoms with E-state index in [0.29, 0.717) is 6.42 Å². The molecular weight excluding hydrogens is 240 g/mol. The average Bonchev–Trinajstić information content (AvgIpc) is 2.17. The molecule has 1 amide bonds. The summed E-state index contributed by atoms with van der Waals surface area (Å²) in [5, 5.41) is 6.01. The number of carbonyl (C=O) groups is 1. The van der Waals surface area contributed by atoms with E-state index in [9.17, 15) is 4.79 Å². The van der Waals surface area contributed by atoms with Gasteiger partial charge < -0.3 is 15.4 Å². The molecule has 0 bridgehead atoms. The zero-order chi connectivity index (χ0) is 12.6. The van der Waals surface area contributed by atoms with E-state index >= 15 is 0 Å². The Labute approximate surface area is 111 Å². The van der Waals surface area contributed by atoms with E-state index < -0.39 is 0 Å². The van der Waals surface area contributed by atoms with Crippen molar-refractivity contribution in [3.63, 3.8) is 0 Å². The first-order chi connectivity index (χ1) is 7.41. The second-order valence-electron chi connectivity index (χ2n) is 4.84. The van der Waals surface area contributed by atoms with Crippen molar-refractivity contribution >= 4 is 18.3 Å². The third kappa shape index (κ3) is 10.5. The largest absolute Gasteiger partial charge is 0.379 e. The lowest BCUT2D eigenvalue weighted by Gasteiger charge is -2.27. The molecule has 4 nitrogen and oxygen atoms in total. The van der Waals surface area contributed by atoms with Gasteiger partial charge in [-0.1, -0.05) is 0 Å². The summed E-state index contributed by atoms with van der Waals surface area (Å²) in [5.74, 6) is 0.120. The standard InChI is InChI=1S/C12H26N2O2.ClH/c1-10(9-12(2,3)16-5)14-11(15)7-6-8-13-4;/h10,13H,6-9H2,1-5H3,(H,14,15);1H. The van der Waals surface area contributed by atoms with Gasteiger partial charge in [-0.2, -0.15) is 0 Å². The molecule has 0 aliphatic rings. The predicted octanol–water partition coefficient (Wildman–Crippen LogP) is 1.73.